The van der Waals surface area contributed by atoms with Gasteiger partial charge in [0.25, 0.3) is 0 Å². The van der Waals surface area contributed by atoms with Crippen LogP contribution in [0.1, 0.15) is 46.7 Å². The molecule has 1 atom stereocenters. The molecule has 1 fully saturated rings. The summed E-state index contributed by atoms with van der Waals surface area (Å²) in [5.41, 5.74) is 4.47. The van der Waals surface area contributed by atoms with Crippen LogP contribution in [0.3, 0.4) is 0 Å². The highest BCUT2D eigenvalue weighted by Crippen LogP contribution is 2.44. The largest absolute Gasteiger partial charge is 0.477 e. The number of hydrogen-bond acceptors (Lipinski definition) is 5. The standard InChI is InChI=1S/C26H26N4O5/c1-30-13-20(25(32)33)24(29-30)28-23(31)12-22(15-10-11-15)27-26(34)35-14-21-18-8-4-2-6-16(18)17-7-3-5-9-19(17)21/h2-9,13,15,21-22H,10-12,14H2,1H3,(H,27,34)(H,32,33)(H,28,29,31). The third kappa shape index (κ3) is 4.75. The van der Waals surface area contributed by atoms with E-state index in [0.717, 1.165) is 35.1 Å². The van der Waals surface area contributed by atoms with E-state index in [-0.39, 0.29) is 36.2 Å². The van der Waals surface area contributed by atoms with Crippen LogP contribution in [0.4, 0.5) is 10.6 Å². The number of benzene rings is 2. The SMILES string of the molecule is Cn1cc(C(=O)O)c(NC(=O)CC(NC(=O)OCC2c3ccccc3-c3ccccc32)C2CC2)n1. The number of aromatic carboxylic acids is 1. The Balaban J connectivity index is 1.21. The maximum absolute atomic E-state index is 12.7. The highest BCUT2D eigenvalue weighted by Gasteiger charge is 2.35. The molecule has 0 aliphatic heterocycles. The lowest BCUT2D eigenvalue weighted by atomic mass is 9.98. The van der Waals surface area contributed by atoms with E-state index in [1.54, 1.807) is 7.05 Å². The molecule has 180 valence electrons. The molecule has 0 bridgehead atoms. The van der Waals surface area contributed by atoms with Crippen LogP contribution in [0.25, 0.3) is 11.1 Å². The van der Waals surface area contributed by atoms with Crippen LogP contribution >= 0.6 is 0 Å². The van der Waals surface area contributed by atoms with Crippen LogP contribution in [-0.2, 0) is 16.6 Å². The lowest BCUT2D eigenvalue weighted by Crippen LogP contribution is -2.40. The molecule has 0 radical (unpaired) electrons. The molecule has 2 amide bonds. The molecule has 0 spiro atoms. The van der Waals surface area contributed by atoms with Crippen molar-refractivity contribution in [2.45, 2.75) is 31.2 Å². The number of nitrogens with one attached hydrogen (secondary N) is 2. The number of anilines is 1. The third-order valence-corrected chi connectivity index (χ3v) is 6.56. The summed E-state index contributed by atoms with van der Waals surface area (Å²) in [6.45, 7) is 0.194. The van der Waals surface area contributed by atoms with E-state index in [1.165, 1.54) is 10.9 Å². The number of carboxylic acids is 1. The van der Waals surface area contributed by atoms with Gasteiger partial charge in [0.1, 0.15) is 12.2 Å². The molecule has 9 nitrogen and oxygen atoms in total. The zero-order chi connectivity index (χ0) is 24.5. The topological polar surface area (TPSA) is 123 Å². The fourth-order valence-corrected chi connectivity index (χ4v) is 4.75. The Kier molecular flexibility index (Phi) is 5.98. The summed E-state index contributed by atoms with van der Waals surface area (Å²) in [6.07, 6.45) is 2.58. The summed E-state index contributed by atoms with van der Waals surface area (Å²) in [4.78, 5) is 36.7. The minimum atomic E-state index is -1.18. The van der Waals surface area contributed by atoms with Crippen molar-refractivity contribution in [3.8, 4) is 11.1 Å². The number of amides is 2. The number of ether oxygens (including phenoxy) is 1. The van der Waals surface area contributed by atoms with Crippen LogP contribution in [0.5, 0.6) is 0 Å². The number of rotatable bonds is 8. The van der Waals surface area contributed by atoms with Crippen molar-refractivity contribution in [1.82, 2.24) is 15.1 Å². The van der Waals surface area contributed by atoms with Gasteiger partial charge in [-0.15, -0.1) is 0 Å². The van der Waals surface area contributed by atoms with Gasteiger partial charge in [0.2, 0.25) is 5.91 Å². The number of carbonyl (C=O) groups is 3. The van der Waals surface area contributed by atoms with Crippen LogP contribution in [0.15, 0.2) is 54.7 Å². The first-order valence-corrected chi connectivity index (χ1v) is 11.6. The van der Waals surface area contributed by atoms with Crippen molar-refractivity contribution in [3.63, 3.8) is 0 Å². The fraction of sp³-hybridized carbons (Fsp3) is 0.308. The number of aryl methyl sites for hydroxylation is 1. The van der Waals surface area contributed by atoms with E-state index in [1.807, 2.05) is 24.3 Å². The van der Waals surface area contributed by atoms with E-state index >= 15 is 0 Å². The van der Waals surface area contributed by atoms with E-state index in [4.69, 9.17) is 4.74 Å². The number of carboxylic acid groups (broad SMARTS) is 1. The zero-order valence-corrected chi connectivity index (χ0v) is 19.2. The number of fused-ring (bicyclic) bond motifs is 3. The molecule has 1 saturated carbocycles. The molecule has 3 N–H and O–H groups in total. The molecule has 5 rings (SSSR count). The van der Waals surface area contributed by atoms with Crippen LogP contribution in [0.2, 0.25) is 0 Å². The minimum Gasteiger partial charge on any atom is -0.477 e. The molecule has 0 saturated heterocycles. The normalized spacial score (nSPS) is 15.1. The summed E-state index contributed by atoms with van der Waals surface area (Å²) in [6, 6.07) is 15.8. The first kappa shape index (κ1) is 22.6. The number of nitrogens with zero attached hydrogens (tertiary/aromatic N) is 2. The van der Waals surface area contributed by atoms with Crippen molar-refractivity contribution in [2.24, 2.45) is 13.0 Å². The Labute approximate surface area is 202 Å². The van der Waals surface area contributed by atoms with Gasteiger partial charge in [-0.2, -0.15) is 5.10 Å². The summed E-state index contributed by atoms with van der Waals surface area (Å²) < 4.78 is 6.95. The molecule has 2 aliphatic rings. The van der Waals surface area contributed by atoms with Gasteiger partial charge < -0.3 is 20.5 Å². The lowest BCUT2D eigenvalue weighted by molar-refractivity contribution is -0.116. The predicted molar refractivity (Wildman–Crippen MR) is 128 cm³/mol. The molecule has 1 heterocycles. The number of carbonyl (C=O) groups excluding carboxylic acids is 2. The molecule has 2 aromatic carbocycles. The second-order valence-corrected chi connectivity index (χ2v) is 9.04. The van der Waals surface area contributed by atoms with Crippen molar-refractivity contribution >= 4 is 23.8 Å². The molecule has 35 heavy (non-hydrogen) atoms. The summed E-state index contributed by atoms with van der Waals surface area (Å²) >= 11 is 0. The monoisotopic (exact) mass is 474 g/mol. The maximum Gasteiger partial charge on any atom is 0.407 e. The van der Waals surface area contributed by atoms with Crippen LogP contribution < -0.4 is 10.6 Å². The Bertz CT molecular complexity index is 1250. The average molecular weight is 475 g/mol. The number of alkyl carbamates (subject to hydrolysis) is 1. The van der Waals surface area contributed by atoms with Crippen molar-refractivity contribution in [3.05, 3.63) is 71.4 Å². The van der Waals surface area contributed by atoms with E-state index in [2.05, 4.69) is 40.0 Å². The van der Waals surface area contributed by atoms with Crippen molar-refractivity contribution in [1.29, 1.82) is 0 Å². The Hall–Kier alpha value is -4.14. The first-order chi connectivity index (χ1) is 16.9. The van der Waals surface area contributed by atoms with Gasteiger partial charge in [0, 0.05) is 31.6 Å². The Morgan fingerprint density at radius 3 is 2.31 bits per heavy atom. The van der Waals surface area contributed by atoms with E-state index in [9.17, 15) is 19.5 Å². The summed E-state index contributed by atoms with van der Waals surface area (Å²) in [5.74, 6) is -1.47. The first-order valence-electron chi connectivity index (χ1n) is 11.6. The van der Waals surface area contributed by atoms with Gasteiger partial charge in [-0.3, -0.25) is 9.48 Å². The highest BCUT2D eigenvalue weighted by atomic mass is 16.5. The van der Waals surface area contributed by atoms with E-state index in [0.29, 0.717) is 0 Å². The van der Waals surface area contributed by atoms with Gasteiger partial charge in [0.05, 0.1) is 0 Å². The summed E-state index contributed by atoms with van der Waals surface area (Å²) in [5, 5.41) is 18.7. The van der Waals surface area contributed by atoms with Crippen LogP contribution in [-0.4, -0.2) is 45.5 Å². The van der Waals surface area contributed by atoms with Gasteiger partial charge in [-0.1, -0.05) is 48.5 Å². The second kappa shape index (κ2) is 9.25. The third-order valence-electron chi connectivity index (χ3n) is 6.56. The Morgan fingerprint density at radius 1 is 1.09 bits per heavy atom. The van der Waals surface area contributed by atoms with Gasteiger partial charge >= 0.3 is 12.1 Å². The van der Waals surface area contributed by atoms with Gasteiger partial charge in [0.15, 0.2) is 5.82 Å². The minimum absolute atomic E-state index is 0.00446. The molecular formula is C26H26N4O5. The molecule has 1 unspecified atom stereocenters. The smallest absolute Gasteiger partial charge is 0.407 e. The van der Waals surface area contributed by atoms with E-state index < -0.39 is 24.0 Å². The highest BCUT2D eigenvalue weighted by molar-refractivity contribution is 5.99. The molecule has 2 aliphatic carbocycles. The summed E-state index contributed by atoms with van der Waals surface area (Å²) in [7, 11) is 1.58. The Morgan fingerprint density at radius 2 is 1.71 bits per heavy atom. The van der Waals surface area contributed by atoms with Crippen molar-refractivity contribution < 1.29 is 24.2 Å². The average Bonchev–Trinajstić information content (AvgIpc) is 3.55. The molecular weight excluding hydrogens is 448 g/mol. The fourth-order valence-electron chi connectivity index (χ4n) is 4.75. The number of aromatic nitrogens is 2. The zero-order valence-electron chi connectivity index (χ0n) is 19.2. The molecule has 9 heteroatoms. The molecule has 1 aromatic heterocycles. The van der Waals surface area contributed by atoms with Crippen LogP contribution in [0, 0.1) is 5.92 Å². The number of hydrogen-bond donors (Lipinski definition) is 3. The van der Waals surface area contributed by atoms with Gasteiger partial charge in [-0.05, 0) is 41.0 Å². The lowest BCUT2D eigenvalue weighted by Gasteiger charge is -2.19. The van der Waals surface area contributed by atoms with Gasteiger partial charge in [-0.25, -0.2) is 9.59 Å². The predicted octanol–water partition coefficient (Wildman–Crippen LogP) is 3.76. The maximum atomic E-state index is 12.7. The second-order valence-electron chi connectivity index (χ2n) is 9.04. The quantitative estimate of drug-likeness (QED) is 0.457. The molecule has 3 aromatic rings. The van der Waals surface area contributed by atoms with Crippen molar-refractivity contribution in [2.75, 3.05) is 11.9 Å².